The minimum atomic E-state index is -4.21. The number of hydrogen-bond donors (Lipinski definition) is 1. The van der Waals surface area contributed by atoms with Gasteiger partial charge in [-0.2, -0.15) is 13.2 Å². The highest BCUT2D eigenvalue weighted by Gasteiger charge is 2.31. The zero-order valence-electron chi connectivity index (χ0n) is 11.5. The van der Waals surface area contributed by atoms with Crippen LogP contribution in [0.5, 0.6) is 0 Å². The monoisotopic (exact) mass is 285 g/mol. The zero-order chi connectivity index (χ0) is 15.2. The Kier molecular flexibility index (Phi) is 6.05. The third-order valence-electron chi connectivity index (χ3n) is 2.74. The number of nitrogens with zero attached hydrogens (tertiary/aromatic N) is 1. The molecule has 0 saturated heterocycles. The molecule has 0 heterocycles. The maximum atomic E-state index is 12.5. The molecular weight excluding hydrogens is 267 g/mol. The van der Waals surface area contributed by atoms with E-state index in [2.05, 4.69) is 11.8 Å². The second-order valence-corrected chi connectivity index (χ2v) is 4.77. The number of benzene rings is 1. The van der Waals surface area contributed by atoms with Crippen LogP contribution in [0.1, 0.15) is 25.0 Å². The molecular formula is C15H18F3NO. The van der Waals surface area contributed by atoms with E-state index in [-0.39, 0.29) is 19.2 Å². The summed E-state index contributed by atoms with van der Waals surface area (Å²) in [5, 5.41) is 8.64. The lowest BCUT2D eigenvalue weighted by Crippen LogP contribution is -2.38. The van der Waals surface area contributed by atoms with Gasteiger partial charge in [0.15, 0.2) is 0 Å². The lowest BCUT2D eigenvalue weighted by atomic mass is 10.1. The van der Waals surface area contributed by atoms with Crippen LogP contribution in [0.15, 0.2) is 24.3 Å². The Labute approximate surface area is 117 Å². The number of halogens is 3. The summed E-state index contributed by atoms with van der Waals surface area (Å²) >= 11 is 0. The average molecular weight is 285 g/mol. The van der Waals surface area contributed by atoms with Crippen molar-refractivity contribution in [2.45, 2.75) is 32.6 Å². The average Bonchev–Trinajstić information content (AvgIpc) is 2.34. The summed E-state index contributed by atoms with van der Waals surface area (Å²) in [5.74, 6) is 5.26. The number of aliphatic hydroxyl groups is 1. The molecule has 2 nitrogen and oxygen atoms in total. The lowest BCUT2D eigenvalue weighted by Gasteiger charge is -2.27. The fourth-order valence-electron chi connectivity index (χ4n) is 1.77. The van der Waals surface area contributed by atoms with E-state index in [4.69, 9.17) is 5.11 Å². The number of rotatable bonds is 4. The normalized spacial score (nSPS) is 11.6. The summed E-state index contributed by atoms with van der Waals surface area (Å²) in [6, 6.07) is 6.83. The first-order valence-corrected chi connectivity index (χ1v) is 6.31. The molecule has 0 fully saturated rings. The number of aliphatic hydroxyl groups excluding tert-OH is 1. The lowest BCUT2D eigenvalue weighted by molar-refractivity contribution is -0.150. The Hall–Kier alpha value is -1.51. The summed E-state index contributed by atoms with van der Waals surface area (Å²) in [4.78, 5) is 1.36. The molecule has 1 aromatic rings. The second-order valence-electron chi connectivity index (χ2n) is 4.77. The molecule has 20 heavy (non-hydrogen) atoms. The predicted octanol–water partition coefficient (Wildman–Crippen LogP) is 2.80. The summed E-state index contributed by atoms with van der Waals surface area (Å²) in [6.45, 7) is 2.52. The molecule has 110 valence electrons. The van der Waals surface area contributed by atoms with Crippen LogP contribution in [0.2, 0.25) is 0 Å². The topological polar surface area (TPSA) is 23.5 Å². The Balaban J connectivity index is 2.83. The van der Waals surface area contributed by atoms with Crippen LogP contribution in [0.25, 0.3) is 0 Å². The molecule has 0 bridgehead atoms. The third kappa shape index (κ3) is 6.09. The Morgan fingerprint density at radius 2 is 2.00 bits per heavy atom. The van der Waals surface area contributed by atoms with Gasteiger partial charge in [0, 0.05) is 18.2 Å². The van der Waals surface area contributed by atoms with Gasteiger partial charge in [0.05, 0.1) is 6.54 Å². The Morgan fingerprint density at radius 1 is 1.30 bits per heavy atom. The van der Waals surface area contributed by atoms with Gasteiger partial charge in [0.1, 0.15) is 6.61 Å². The van der Waals surface area contributed by atoms with Crippen molar-refractivity contribution in [1.82, 2.24) is 4.90 Å². The largest absolute Gasteiger partial charge is 0.401 e. The van der Waals surface area contributed by atoms with Crippen LogP contribution in [0.4, 0.5) is 13.2 Å². The van der Waals surface area contributed by atoms with E-state index in [1.165, 1.54) is 4.90 Å². The van der Waals surface area contributed by atoms with E-state index in [0.717, 1.165) is 5.56 Å². The van der Waals surface area contributed by atoms with E-state index in [9.17, 15) is 13.2 Å². The summed E-state index contributed by atoms with van der Waals surface area (Å²) in [6.07, 6.45) is -4.21. The minimum absolute atomic E-state index is 0.205. The fourth-order valence-corrected chi connectivity index (χ4v) is 1.77. The van der Waals surface area contributed by atoms with Gasteiger partial charge in [-0.15, -0.1) is 0 Å². The van der Waals surface area contributed by atoms with Crippen LogP contribution in [0.3, 0.4) is 0 Å². The van der Waals surface area contributed by atoms with Crippen molar-refractivity contribution in [3.63, 3.8) is 0 Å². The van der Waals surface area contributed by atoms with Crippen molar-refractivity contribution >= 4 is 0 Å². The fraction of sp³-hybridized carbons (Fsp3) is 0.467. The molecule has 1 aromatic carbocycles. The van der Waals surface area contributed by atoms with Gasteiger partial charge in [-0.25, -0.2) is 0 Å². The Morgan fingerprint density at radius 3 is 2.55 bits per heavy atom. The zero-order valence-corrected chi connectivity index (χ0v) is 11.5. The first kappa shape index (κ1) is 16.5. The molecule has 0 aliphatic carbocycles. The predicted molar refractivity (Wildman–Crippen MR) is 72.0 cm³/mol. The smallest absolute Gasteiger partial charge is 0.384 e. The van der Waals surface area contributed by atoms with Gasteiger partial charge >= 0.3 is 6.18 Å². The van der Waals surface area contributed by atoms with Gasteiger partial charge in [-0.1, -0.05) is 24.0 Å². The van der Waals surface area contributed by atoms with Crippen molar-refractivity contribution in [1.29, 1.82) is 0 Å². The van der Waals surface area contributed by atoms with Gasteiger partial charge in [0.25, 0.3) is 0 Å². The maximum absolute atomic E-state index is 12.5. The van der Waals surface area contributed by atoms with Crippen LogP contribution in [-0.4, -0.2) is 35.4 Å². The van der Waals surface area contributed by atoms with Gasteiger partial charge < -0.3 is 5.11 Å². The molecule has 0 atom stereocenters. The molecule has 0 unspecified atom stereocenters. The van der Waals surface area contributed by atoms with Crippen molar-refractivity contribution in [3.8, 4) is 11.8 Å². The number of alkyl halides is 3. The first-order valence-electron chi connectivity index (χ1n) is 6.31. The molecule has 0 spiro atoms. The molecule has 0 amide bonds. The standard InChI is InChI=1S/C15H18F3NO/c1-12(2)19(11-15(16,17)18)10-14-6-3-5-13(9-14)7-4-8-20/h3,5-6,9,12,20H,8,10-11H2,1-2H3. The summed E-state index contributed by atoms with van der Waals surface area (Å²) in [7, 11) is 0. The van der Waals surface area contributed by atoms with Crippen molar-refractivity contribution in [2.75, 3.05) is 13.2 Å². The highest BCUT2D eigenvalue weighted by atomic mass is 19.4. The van der Waals surface area contributed by atoms with Crippen molar-refractivity contribution in [3.05, 3.63) is 35.4 Å². The second kappa shape index (κ2) is 7.32. The molecule has 1 rings (SSSR count). The maximum Gasteiger partial charge on any atom is 0.401 e. The highest BCUT2D eigenvalue weighted by Crippen LogP contribution is 2.20. The molecule has 5 heteroatoms. The van der Waals surface area contributed by atoms with Crippen LogP contribution in [-0.2, 0) is 6.54 Å². The summed E-state index contributed by atoms with van der Waals surface area (Å²) in [5.41, 5.74) is 1.46. The molecule has 0 radical (unpaired) electrons. The van der Waals surface area contributed by atoms with E-state index < -0.39 is 12.7 Å². The SMILES string of the molecule is CC(C)N(Cc1cccc(C#CCO)c1)CC(F)(F)F. The third-order valence-corrected chi connectivity index (χ3v) is 2.74. The number of hydrogen-bond acceptors (Lipinski definition) is 2. The first-order chi connectivity index (χ1) is 9.31. The Bertz CT molecular complexity index is 486. The molecule has 0 aromatic heterocycles. The molecule has 0 aliphatic rings. The van der Waals surface area contributed by atoms with E-state index in [1.54, 1.807) is 38.1 Å². The minimum Gasteiger partial charge on any atom is -0.384 e. The van der Waals surface area contributed by atoms with Crippen LogP contribution < -0.4 is 0 Å². The van der Waals surface area contributed by atoms with Gasteiger partial charge in [0.2, 0.25) is 0 Å². The van der Waals surface area contributed by atoms with Crippen LogP contribution in [0, 0.1) is 11.8 Å². The summed E-state index contributed by atoms with van der Waals surface area (Å²) < 4.78 is 37.6. The molecule has 0 aliphatic heterocycles. The van der Waals surface area contributed by atoms with E-state index >= 15 is 0 Å². The molecule has 0 saturated carbocycles. The van der Waals surface area contributed by atoms with Crippen LogP contribution >= 0.6 is 0 Å². The van der Waals surface area contributed by atoms with E-state index in [1.807, 2.05) is 0 Å². The quantitative estimate of drug-likeness (QED) is 0.860. The van der Waals surface area contributed by atoms with Gasteiger partial charge in [-0.05, 0) is 31.5 Å². The van der Waals surface area contributed by atoms with Crippen molar-refractivity contribution < 1.29 is 18.3 Å². The van der Waals surface area contributed by atoms with Crippen molar-refractivity contribution in [2.24, 2.45) is 0 Å². The van der Waals surface area contributed by atoms with Gasteiger partial charge in [-0.3, -0.25) is 4.90 Å². The van der Waals surface area contributed by atoms with E-state index in [0.29, 0.717) is 5.56 Å². The highest BCUT2D eigenvalue weighted by molar-refractivity contribution is 5.37. The molecule has 1 N–H and O–H groups in total.